The second-order valence-corrected chi connectivity index (χ2v) is 4.23. The number of hydrogen-bond donors (Lipinski definition) is 0. The third kappa shape index (κ3) is 3.19. The highest BCUT2D eigenvalue weighted by molar-refractivity contribution is 5.39. The Bertz CT molecular complexity index is 638. The average molecular weight is 264 g/mol. The van der Waals surface area contributed by atoms with E-state index >= 15 is 0 Å². The van der Waals surface area contributed by atoms with Gasteiger partial charge in [-0.15, -0.1) is 0 Å². The van der Waals surface area contributed by atoms with E-state index in [9.17, 15) is 13.2 Å². The topological polar surface area (TPSA) is 9.23 Å². The average Bonchev–Trinajstić information content (AvgIpc) is 2.32. The van der Waals surface area contributed by atoms with Gasteiger partial charge in [-0.25, -0.2) is 0 Å². The molecule has 0 saturated heterocycles. The van der Waals surface area contributed by atoms with Crippen molar-refractivity contribution in [2.75, 3.05) is 0 Å². The maximum Gasteiger partial charge on any atom is 0.424 e. The number of ether oxygens (including phenoxy) is 1. The predicted molar refractivity (Wildman–Crippen MR) is 65.8 cm³/mol. The summed E-state index contributed by atoms with van der Waals surface area (Å²) in [6.07, 6.45) is -2.25. The van der Waals surface area contributed by atoms with Gasteiger partial charge in [-0.3, -0.25) is 0 Å². The fraction of sp³-hybridized carbons (Fsp3) is 0.200. The van der Waals surface area contributed by atoms with Crippen molar-refractivity contribution in [1.29, 1.82) is 0 Å². The van der Waals surface area contributed by atoms with Crippen molar-refractivity contribution in [1.82, 2.24) is 0 Å². The molecule has 1 nitrogen and oxygen atoms in total. The summed E-state index contributed by atoms with van der Waals surface area (Å²) in [5.74, 6) is 0.801. The maximum atomic E-state index is 12.4. The van der Waals surface area contributed by atoms with Crippen molar-refractivity contribution in [2.45, 2.75) is 20.0 Å². The Hall–Kier alpha value is -2.15. The maximum absolute atomic E-state index is 12.4. The van der Waals surface area contributed by atoms with E-state index in [4.69, 9.17) is 4.74 Å². The van der Waals surface area contributed by atoms with E-state index in [0.29, 0.717) is 5.75 Å². The summed E-state index contributed by atoms with van der Waals surface area (Å²) in [6.45, 7) is 3.82. The number of hydrogen-bond acceptors (Lipinski definition) is 1. The molecule has 0 aromatic heterocycles. The Labute approximate surface area is 109 Å². The number of alkyl halides is 3. The molecule has 2 rings (SSSR count). The molecule has 4 heteroatoms. The molecule has 0 bridgehead atoms. The molecule has 0 amide bonds. The summed E-state index contributed by atoms with van der Waals surface area (Å²) >= 11 is 0. The van der Waals surface area contributed by atoms with Crippen molar-refractivity contribution >= 4 is 0 Å². The lowest BCUT2D eigenvalue weighted by Gasteiger charge is -2.10. The third-order valence-corrected chi connectivity index (χ3v) is 2.58. The van der Waals surface area contributed by atoms with Crippen LogP contribution in [0.5, 0.6) is 5.75 Å². The van der Waals surface area contributed by atoms with Crippen molar-refractivity contribution in [3.8, 4) is 5.75 Å². The molecule has 19 heavy (non-hydrogen) atoms. The van der Waals surface area contributed by atoms with Crippen molar-refractivity contribution in [2.24, 2.45) is 0 Å². The molecule has 0 N–H and O–H groups in total. The minimum Gasteiger partial charge on any atom is -0.448 e. The minimum absolute atomic E-state index is 0.208. The smallest absolute Gasteiger partial charge is 0.424 e. The van der Waals surface area contributed by atoms with Crippen LogP contribution in [0.25, 0.3) is 0 Å². The normalized spacial score (nSPS) is 14.2. The van der Waals surface area contributed by atoms with Gasteiger partial charge in [0.25, 0.3) is 0 Å². The molecule has 1 aliphatic rings. The summed E-state index contributed by atoms with van der Waals surface area (Å²) < 4.78 is 42.6. The lowest BCUT2D eigenvalue weighted by Crippen LogP contribution is -2.10. The lowest BCUT2D eigenvalue weighted by molar-refractivity contribution is -0.0880. The second-order valence-electron chi connectivity index (χ2n) is 4.23. The zero-order chi connectivity index (χ0) is 14.0. The summed E-state index contributed by atoms with van der Waals surface area (Å²) in [7, 11) is 0. The molecule has 1 aromatic rings. The molecule has 0 unspecified atom stereocenters. The molecule has 0 heterocycles. The van der Waals surface area contributed by atoms with Crippen LogP contribution in [-0.2, 0) is 0 Å². The molecule has 0 aliphatic heterocycles. The Morgan fingerprint density at radius 2 is 1.79 bits per heavy atom. The molecule has 0 radical (unpaired) electrons. The van der Waals surface area contributed by atoms with Crippen LogP contribution in [0.3, 0.4) is 0 Å². The number of halogens is 3. The highest BCUT2D eigenvalue weighted by Gasteiger charge is 2.32. The zero-order valence-corrected chi connectivity index (χ0v) is 10.4. The fourth-order valence-electron chi connectivity index (χ4n) is 1.63. The highest BCUT2D eigenvalue weighted by atomic mass is 19.4. The molecule has 0 saturated carbocycles. The van der Waals surface area contributed by atoms with E-state index in [1.165, 1.54) is 6.08 Å². The van der Waals surface area contributed by atoms with Crippen molar-refractivity contribution in [3.63, 3.8) is 0 Å². The monoisotopic (exact) mass is 264 g/mol. The predicted octanol–water partition coefficient (Wildman–Crippen LogP) is 4.38. The van der Waals surface area contributed by atoms with Crippen LogP contribution in [0.15, 0.2) is 53.1 Å². The molecule has 1 aliphatic carbocycles. The van der Waals surface area contributed by atoms with Gasteiger partial charge in [-0.2, -0.15) is 13.2 Å². The standard InChI is InChI=1S/C15H11F3O/c1-10-3-8-14(11(2)9-10)19-13-6-4-12(5-7-13)15(16,17)18/h3-4,6,8-9H,1-2H3. The van der Waals surface area contributed by atoms with Gasteiger partial charge < -0.3 is 4.74 Å². The van der Waals surface area contributed by atoms with Crippen LogP contribution in [0.1, 0.15) is 11.1 Å². The third-order valence-electron chi connectivity index (χ3n) is 2.58. The van der Waals surface area contributed by atoms with Crippen molar-refractivity contribution in [3.05, 3.63) is 64.3 Å². The molecular weight excluding hydrogens is 253 g/mol. The van der Waals surface area contributed by atoms with Crippen molar-refractivity contribution < 1.29 is 17.9 Å². The van der Waals surface area contributed by atoms with Gasteiger partial charge in [-0.1, -0.05) is 23.4 Å². The van der Waals surface area contributed by atoms with E-state index in [0.717, 1.165) is 17.2 Å². The van der Waals surface area contributed by atoms with Crippen LogP contribution in [0.4, 0.5) is 13.2 Å². The first-order valence-electron chi connectivity index (χ1n) is 5.62. The van der Waals surface area contributed by atoms with Gasteiger partial charge in [0.05, 0.1) is 0 Å². The molecule has 0 atom stereocenters. The number of benzene rings is 1. The van der Waals surface area contributed by atoms with Gasteiger partial charge in [0.15, 0.2) is 5.76 Å². The fourth-order valence-corrected chi connectivity index (χ4v) is 1.63. The van der Waals surface area contributed by atoms with E-state index < -0.39 is 11.7 Å². The summed E-state index contributed by atoms with van der Waals surface area (Å²) in [4.78, 5) is 0. The van der Waals surface area contributed by atoms with Gasteiger partial charge in [0.1, 0.15) is 11.3 Å². The molecule has 98 valence electrons. The van der Waals surface area contributed by atoms with Crippen LogP contribution < -0.4 is 4.74 Å². The lowest BCUT2D eigenvalue weighted by atomic mass is 10.1. The summed E-state index contributed by atoms with van der Waals surface area (Å²) in [6, 6.07) is 5.58. The minimum atomic E-state index is -4.41. The largest absolute Gasteiger partial charge is 0.448 e. The molecule has 1 aromatic carbocycles. The van der Waals surface area contributed by atoms with Gasteiger partial charge in [0, 0.05) is 0 Å². The molecular formula is C15H11F3O. The molecule has 0 spiro atoms. The zero-order valence-electron chi connectivity index (χ0n) is 10.4. The Morgan fingerprint density at radius 3 is 2.32 bits per heavy atom. The Balaban J connectivity index is 2.29. The summed E-state index contributed by atoms with van der Waals surface area (Å²) in [5, 5.41) is 0. The number of aryl methyl sites for hydroxylation is 2. The number of rotatable bonds is 2. The van der Waals surface area contributed by atoms with Gasteiger partial charge >= 0.3 is 6.18 Å². The van der Waals surface area contributed by atoms with Crippen LogP contribution in [-0.4, -0.2) is 6.18 Å². The van der Waals surface area contributed by atoms with Gasteiger partial charge in [0.2, 0.25) is 0 Å². The number of allylic oxidation sites excluding steroid dienone is 3. The first kappa shape index (κ1) is 13.3. The quantitative estimate of drug-likeness (QED) is 0.720. The first-order valence-corrected chi connectivity index (χ1v) is 5.62. The first-order chi connectivity index (χ1) is 8.86. The highest BCUT2D eigenvalue weighted by Crippen LogP contribution is 2.28. The molecule has 0 fully saturated rings. The summed E-state index contributed by atoms with van der Waals surface area (Å²) in [5.41, 5.74) is 5.56. The van der Waals surface area contributed by atoms with E-state index in [1.807, 2.05) is 26.0 Å². The van der Waals surface area contributed by atoms with E-state index in [-0.39, 0.29) is 5.76 Å². The van der Waals surface area contributed by atoms with Crippen LogP contribution in [0, 0.1) is 13.8 Å². The SMILES string of the molecule is Cc1ccc(OC2=C=C=C(C(F)(F)F)C=C2)c(C)c1. The van der Waals surface area contributed by atoms with Gasteiger partial charge in [-0.05, 0) is 43.4 Å². The van der Waals surface area contributed by atoms with Crippen LogP contribution in [0.2, 0.25) is 0 Å². The van der Waals surface area contributed by atoms with E-state index in [1.54, 1.807) is 6.07 Å². The second kappa shape index (κ2) is 4.85. The van der Waals surface area contributed by atoms with Crippen LogP contribution >= 0.6 is 0 Å². The Morgan fingerprint density at radius 1 is 1.05 bits per heavy atom. The van der Waals surface area contributed by atoms with E-state index in [2.05, 4.69) is 11.5 Å². The Kier molecular flexibility index (Phi) is 3.39.